The Morgan fingerprint density at radius 1 is 1.21 bits per heavy atom. The minimum Gasteiger partial charge on any atom is -0.339 e. The molecule has 0 saturated carbocycles. The Hall–Kier alpha value is -2.61. The monoisotopic (exact) mass is 378 g/mol. The second-order valence-corrected chi connectivity index (χ2v) is 9.08. The number of carbonyl (C=O) groups excluding carboxylic acids is 1. The molecule has 2 aromatic rings. The molecular weight excluding hydrogens is 348 g/mol. The summed E-state index contributed by atoms with van der Waals surface area (Å²) in [7, 11) is 0. The Morgan fingerprint density at radius 3 is 2.43 bits per heavy atom. The van der Waals surface area contributed by atoms with Gasteiger partial charge in [-0.05, 0) is 62.3 Å². The predicted molar refractivity (Wildman–Crippen MR) is 111 cm³/mol. The summed E-state index contributed by atoms with van der Waals surface area (Å²) in [5.41, 5.74) is 2.91. The smallest absolute Gasteiger partial charge is 0.254 e. The molecule has 1 aliphatic heterocycles. The molecule has 1 fully saturated rings. The largest absolute Gasteiger partial charge is 0.339 e. The zero-order valence-electron chi connectivity index (χ0n) is 17.6. The van der Waals surface area contributed by atoms with E-state index in [0.717, 1.165) is 37.2 Å². The van der Waals surface area contributed by atoms with E-state index in [1.165, 1.54) is 0 Å². The van der Waals surface area contributed by atoms with Gasteiger partial charge in [0.05, 0.1) is 17.3 Å². The van der Waals surface area contributed by atoms with Crippen molar-refractivity contribution in [2.45, 2.75) is 53.5 Å². The van der Waals surface area contributed by atoms with Gasteiger partial charge in [-0.2, -0.15) is 10.4 Å². The molecule has 0 unspecified atom stereocenters. The normalized spacial score (nSPS) is 15.7. The summed E-state index contributed by atoms with van der Waals surface area (Å²) in [5.74, 6) is 0.671. The standard InChI is InChI=1S/C23H30N4O/c1-16(2)27-13-10-21(25-27)20-14-17(15-24)6-7-19(20)22(28)26-11-8-18(9-12-26)23(3,4)5/h6-7,10,13-14,16,18H,8-9,11-12H2,1-5H3. The van der Waals surface area contributed by atoms with Crippen molar-refractivity contribution in [1.29, 1.82) is 5.26 Å². The molecule has 1 aromatic heterocycles. The van der Waals surface area contributed by atoms with Crippen LogP contribution in [0.3, 0.4) is 0 Å². The fourth-order valence-corrected chi connectivity index (χ4v) is 3.90. The van der Waals surface area contributed by atoms with Crippen LogP contribution in [0.15, 0.2) is 30.5 Å². The van der Waals surface area contributed by atoms with Crippen molar-refractivity contribution >= 4 is 5.91 Å². The highest BCUT2D eigenvalue weighted by Gasteiger charge is 2.31. The Morgan fingerprint density at radius 2 is 1.89 bits per heavy atom. The Balaban J connectivity index is 1.89. The van der Waals surface area contributed by atoms with Crippen LogP contribution in [-0.2, 0) is 0 Å². The van der Waals surface area contributed by atoms with Crippen molar-refractivity contribution in [3.63, 3.8) is 0 Å². The molecule has 0 atom stereocenters. The van der Waals surface area contributed by atoms with Crippen LogP contribution in [0.5, 0.6) is 0 Å². The molecule has 0 aliphatic carbocycles. The van der Waals surface area contributed by atoms with E-state index in [-0.39, 0.29) is 17.4 Å². The lowest BCUT2D eigenvalue weighted by atomic mass is 9.75. The highest BCUT2D eigenvalue weighted by Crippen LogP contribution is 2.35. The maximum Gasteiger partial charge on any atom is 0.254 e. The second kappa shape index (κ2) is 7.79. The first-order valence-electron chi connectivity index (χ1n) is 10.1. The van der Waals surface area contributed by atoms with Crippen LogP contribution in [0.2, 0.25) is 0 Å². The maximum atomic E-state index is 13.3. The third-order valence-electron chi connectivity index (χ3n) is 5.80. The van der Waals surface area contributed by atoms with Gasteiger partial charge in [0.1, 0.15) is 0 Å². The molecule has 5 nitrogen and oxygen atoms in total. The van der Waals surface area contributed by atoms with Gasteiger partial charge >= 0.3 is 0 Å². The zero-order valence-corrected chi connectivity index (χ0v) is 17.6. The van der Waals surface area contributed by atoms with Crippen molar-refractivity contribution in [2.75, 3.05) is 13.1 Å². The molecule has 0 bridgehead atoms. The summed E-state index contributed by atoms with van der Waals surface area (Å²) in [6, 6.07) is 9.61. The molecule has 3 rings (SSSR count). The lowest BCUT2D eigenvalue weighted by molar-refractivity contribution is 0.0609. The van der Waals surface area contributed by atoms with E-state index >= 15 is 0 Å². The van der Waals surface area contributed by atoms with Gasteiger partial charge in [0.2, 0.25) is 0 Å². The predicted octanol–water partition coefficient (Wildman–Crippen LogP) is 4.90. The van der Waals surface area contributed by atoms with E-state index in [1.54, 1.807) is 18.2 Å². The topological polar surface area (TPSA) is 61.9 Å². The third kappa shape index (κ3) is 4.11. The SMILES string of the molecule is CC(C)n1ccc(-c2cc(C#N)ccc2C(=O)N2CCC(C(C)(C)C)CC2)n1. The van der Waals surface area contributed by atoms with Gasteiger partial charge < -0.3 is 4.90 Å². The number of piperidine rings is 1. The highest BCUT2D eigenvalue weighted by molar-refractivity contribution is 6.00. The molecule has 5 heteroatoms. The summed E-state index contributed by atoms with van der Waals surface area (Å²) in [5, 5.41) is 13.9. The fourth-order valence-electron chi connectivity index (χ4n) is 3.90. The van der Waals surface area contributed by atoms with Gasteiger partial charge in [0, 0.05) is 36.5 Å². The molecule has 1 saturated heterocycles. The number of amides is 1. The molecule has 0 spiro atoms. The minimum atomic E-state index is 0.0333. The summed E-state index contributed by atoms with van der Waals surface area (Å²) in [4.78, 5) is 15.2. The highest BCUT2D eigenvalue weighted by atomic mass is 16.2. The van der Waals surface area contributed by atoms with Crippen LogP contribution < -0.4 is 0 Å². The average molecular weight is 379 g/mol. The van der Waals surface area contributed by atoms with E-state index in [4.69, 9.17) is 0 Å². The number of rotatable bonds is 3. The fraction of sp³-hybridized carbons (Fsp3) is 0.522. The van der Waals surface area contributed by atoms with Crippen LogP contribution in [0, 0.1) is 22.7 Å². The first kappa shape index (κ1) is 20.1. The van der Waals surface area contributed by atoms with Crippen LogP contribution in [0.25, 0.3) is 11.3 Å². The molecule has 148 valence electrons. The van der Waals surface area contributed by atoms with E-state index in [0.29, 0.717) is 17.0 Å². The molecule has 2 heterocycles. The number of carbonyl (C=O) groups is 1. The number of hydrogen-bond acceptors (Lipinski definition) is 3. The number of likely N-dealkylation sites (tertiary alicyclic amines) is 1. The number of aromatic nitrogens is 2. The van der Waals surface area contributed by atoms with Gasteiger partial charge in [0.15, 0.2) is 0 Å². The van der Waals surface area contributed by atoms with E-state index in [9.17, 15) is 10.1 Å². The van der Waals surface area contributed by atoms with Crippen LogP contribution >= 0.6 is 0 Å². The van der Waals surface area contributed by atoms with Gasteiger partial charge in [-0.25, -0.2) is 0 Å². The summed E-state index contributed by atoms with van der Waals surface area (Å²) < 4.78 is 1.87. The minimum absolute atomic E-state index is 0.0333. The summed E-state index contributed by atoms with van der Waals surface area (Å²) >= 11 is 0. The number of nitrogens with zero attached hydrogens (tertiary/aromatic N) is 4. The molecule has 0 N–H and O–H groups in total. The number of benzene rings is 1. The lowest BCUT2D eigenvalue weighted by Crippen LogP contribution is -2.41. The first-order chi connectivity index (χ1) is 13.2. The van der Waals surface area contributed by atoms with Crippen LogP contribution in [-0.4, -0.2) is 33.7 Å². The lowest BCUT2D eigenvalue weighted by Gasteiger charge is -2.39. The van der Waals surface area contributed by atoms with Crippen molar-refractivity contribution in [3.8, 4) is 17.3 Å². The molecule has 1 aromatic carbocycles. The Labute approximate surface area is 168 Å². The molecule has 28 heavy (non-hydrogen) atoms. The molecule has 1 amide bonds. The van der Waals surface area contributed by atoms with Gasteiger partial charge in [-0.1, -0.05) is 20.8 Å². The number of hydrogen-bond donors (Lipinski definition) is 0. The molecule has 1 aliphatic rings. The Bertz CT molecular complexity index is 890. The van der Waals surface area contributed by atoms with Gasteiger partial charge in [0.25, 0.3) is 5.91 Å². The quantitative estimate of drug-likeness (QED) is 0.763. The summed E-state index contributed by atoms with van der Waals surface area (Å²) in [6.45, 7) is 12.5. The van der Waals surface area contributed by atoms with Crippen LogP contribution in [0.4, 0.5) is 0 Å². The van der Waals surface area contributed by atoms with Gasteiger partial charge in [-0.15, -0.1) is 0 Å². The van der Waals surface area contributed by atoms with Gasteiger partial charge in [-0.3, -0.25) is 9.48 Å². The molecule has 0 radical (unpaired) electrons. The van der Waals surface area contributed by atoms with Crippen LogP contribution in [0.1, 0.15) is 69.4 Å². The van der Waals surface area contributed by atoms with Crippen molar-refractivity contribution in [2.24, 2.45) is 11.3 Å². The molecular formula is C23H30N4O. The Kier molecular flexibility index (Phi) is 5.60. The van der Waals surface area contributed by atoms with Crippen molar-refractivity contribution < 1.29 is 4.79 Å². The van der Waals surface area contributed by atoms with Crippen molar-refractivity contribution in [1.82, 2.24) is 14.7 Å². The first-order valence-corrected chi connectivity index (χ1v) is 10.1. The zero-order chi connectivity index (χ0) is 20.5. The summed E-state index contributed by atoms with van der Waals surface area (Å²) in [6.07, 6.45) is 3.98. The van der Waals surface area contributed by atoms with E-state index in [1.807, 2.05) is 21.8 Å². The van der Waals surface area contributed by atoms with E-state index in [2.05, 4.69) is 45.8 Å². The number of nitriles is 1. The maximum absolute atomic E-state index is 13.3. The average Bonchev–Trinajstić information content (AvgIpc) is 3.17. The third-order valence-corrected chi connectivity index (χ3v) is 5.80. The van der Waals surface area contributed by atoms with E-state index < -0.39 is 0 Å². The van der Waals surface area contributed by atoms with Crippen molar-refractivity contribution in [3.05, 3.63) is 41.6 Å². The second-order valence-electron chi connectivity index (χ2n) is 9.08.